The summed E-state index contributed by atoms with van der Waals surface area (Å²) < 4.78 is 10.8. The predicted octanol–water partition coefficient (Wildman–Crippen LogP) is 2.89. The SMILES string of the molecule is COc1cccnc1Oc1cccc(C(=O)O)c1C. The van der Waals surface area contributed by atoms with Crippen LogP contribution < -0.4 is 9.47 Å². The Morgan fingerprint density at radius 2 is 1.95 bits per heavy atom. The lowest BCUT2D eigenvalue weighted by Crippen LogP contribution is -2.01. The maximum absolute atomic E-state index is 11.1. The highest BCUT2D eigenvalue weighted by Crippen LogP contribution is 2.31. The molecule has 0 aliphatic carbocycles. The van der Waals surface area contributed by atoms with Crippen molar-refractivity contribution >= 4 is 5.97 Å². The molecule has 5 nitrogen and oxygen atoms in total. The van der Waals surface area contributed by atoms with Crippen molar-refractivity contribution in [2.75, 3.05) is 7.11 Å². The van der Waals surface area contributed by atoms with E-state index in [4.69, 9.17) is 14.6 Å². The molecular weight excluding hydrogens is 246 g/mol. The summed E-state index contributed by atoms with van der Waals surface area (Å²) in [6.45, 7) is 1.69. The van der Waals surface area contributed by atoms with Crippen molar-refractivity contribution in [1.29, 1.82) is 0 Å². The zero-order valence-corrected chi connectivity index (χ0v) is 10.6. The van der Waals surface area contributed by atoms with Gasteiger partial charge in [0.2, 0.25) is 0 Å². The number of carbonyl (C=O) groups is 1. The molecule has 0 aliphatic rings. The highest BCUT2D eigenvalue weighted by atomic mass is 16.5. The Kier molecular flexibility index (Phi) is 3.66. The molecule has 2 aromatic rings. The molecule has 0 aliphatic heterocycles. The highest BCUT2D eigenvalue weighted by Gasteiger charge is 2.13. The van der Waals surface area contributed by atoms with E-state index in [1.807, 2.05) is 0 Å². The number of hydrogen-bond acceptors (Lipinski definition) is 4. The average molecular weight is 259 g/mol. The summed E-state index contributed by atoms with van der Waals surface area (Å²) >= 11 is 0. The fourth-order valence-electron chi connectivity index (χ4n) is 1.67. The van der Waals surface area contributed by atoms with Gasteiger partial charge in [-0.15, -0.1) is 0 Å². The molecular formula is C14H13NO4. The van der Waals surface area contributed by atoms with Crippen molar-refractivity contribution in [1.82, 2.24) is 4.98 Å². The van der Waals surface area contributed by atoms with Gasteiger partial charge in [0.15, 0.2) is 5.75 Å². The normalized spacial score (nSPS) is 10.0. The molecule has 1 N–H and O–H groups in total. The first-order valence-corrected chi connectivity index (χ1v) is 5.63. The summed E-state index contributed by atoms with van der Waals surface area (Å²) in [7, 11) is 1.52. The Labute approximate surface area is 110 Å². The van der Waals surface area contributed by atoms with E-state index < -0.39 is 5.97 Å². The molecule has 0 unspecified atom stereocenters. The van der Waals surface area contributed by atoms with E-state index in [0.717, 1.165) is 0 Å². The van der Waals surface area contributed by atoms with Crippen LogP contribution in [0.4, 0.5) is 0 Å². The third-order valence-electron chi connectivity index (χ3n) is 2.68. The highest BCUT2D eigenvalue weighted by molar-refractivity contribution is 5.90. The molecule has 0 bridgehead atoms. The lowest BCUT2D eigenvalue weighted by molar-refractivity contribution is 0.0695. The van der Waals surface area contributed by atoms with E-state index >= 15 is 0 Å². The number of nitrogens with zero attached hydrogens (tertiary/aromatic N) is 1. The van der Waals surface area contributed by atoms with Gasteiger partial charge < -0.3 is 14.6 Å². The number of hydrogen-bond donors (Lipinski definition) is 1. The molecule has 19 heavy (non-hydrogen) atoms. The van der Waals surface area contributed by atoms with Gasteiger partial charge in [0, 0.05) is 11.8 Å². The zero-order chi connectivity index (χ0) is 13.8. The number of aromatic nitrogens is 1. The Morgan fingerprint density at radius 1 is 1.21 bits per heavy atom. The molecule has 0 saturated carbocycles. The summed E-state index contributed by atoms with van der Waals surface area (Å²) in [4.78, 5) is 15.1. The number of rotatable bonds is 4. The van der Waals surface area contributed by atoms with E-state index in [1.54, 1.807) is 37.4 Å². The molecule has 1 aromatic carbocycles. The Hall–Kier alpha value is -2.56. The second-order valence-electron chi connectivity index (χ2n) is 3.85. The molecule has 0 fully saturated rings. The maximum atomic E-state index is 11.1. The summed E-state index contributed by atoms with van der Waals surface area (Å²) in [6, 6.07) is 8.29. The van der Waals surface area contributed by atoms with Gasteiger partial charge in [-0.25, -0.2) is 9.78 Å². The van der Waals surface area contributed by atoms with Crippen LogP contribution in [0.2, 0.25) is 0 Å². The Bertz CT molecular complexity index is 610. The van der Waals surface area contributed by atoms with E-state index in [-0.39, 0.29) is 5.56 Å². The van der Waals surface area contributed by atoms with E-state index in [2.05, 4.69) is 4.98 Å². The number of methoxy groups -OCH3 is 1. The van der Waals surface area contributed by atoms with Gasteiger partial charge in [-0.1, -0.05) is 6.07 Å². The number of aromatic carboxylic acids is 1. The van der Waals surface area contributed by atoms with Crippen molar-refractivity contribution < 1.29 is 19.4 Å². The van der Waals surface area contributed by atoms with E-state index in [1.165, 1.54) is 13.2 Å². The lowest BCUT2D eigenvalue weighted by Gasteiger charge is -2.11. The van der Waals surface area contributed by atoms with Crippen LogP contribution in [-0.4, -0.2) is 23.2 Å². The summed E-state index contributed by atoms with van der Waals surface area (Å²) in [5, 5.41) is 9.06. The Morgan fingerprint density at radius 3 is 2.63 bits per heavy atom. The largest absolute Gasteiger partial charge is 0.491 e. The second kappa shape index (κ2) is 5.39. The topological polar surface area (TPSA) is 68.7 Å². The third-order valence-corrected chi connectivity index (χ3v) is 2.68. The van der Waals surface area contributed by atoms with Crippen LogP contribution in [0, 0.1) is 6.92 Å². The summed E-state index contributed by atoms with van der Waals surface area (Å²) in [6.07, 6.45) is 1.58. The quantitative estimate of drug-likeness (QED) is 0.914. The molecule has 98 valence electrons. The fourth-order valence-corrected chi connectivity index (χ4v) is 1.67. The molecule has 5 heteroatoms. The number of benzene rings is 1. The zero-order valence-electron chi connectivity index (χ0n) is 10.6. The molecule has 0 saturated heterocycles. The molecule has 0 radical (unpaired) electrons. The molecule has 1 aromatic heterocycles. The minimum Gasteiger partial charge on any atom is -0.491 e. The van der Waals surface area contributed by atoms with Crippen LogP contribution in [0.5, 0.6) is 17.4 Å². The number of pyridine rings is 1. The summed E-state index contributed by atoms with van der Waals surface area (Å²) in [5.74, 6) is 0.242. The lowest BCUT2D eigenvalue weighted by atomic mass is 10.1. The maximum Gasteiger partial charge on any atom is 0.336 e. The van der Waals surface area contributed by atoms with Gasteiger partial charge >= 0.3 is 5.97 Å². The van der Waals surface area contributed by atoms with Gasteiger partial charge in [-0.05, 0) is 31.2 Å². The number of ether oxygens (including phenoxy) is 2. The molecule has 0 amide bonds. The van der Waals surface area contributed by atoms with Crippen molar-refractivity contribution in [3.05, 3.63) is 47.7 Å². The van der Waals surface area contributed by atoms with Crippen LogP contribution in [-0.2, 0) is 0 Å². The first-order chi connectivity index (χ1) is 9.13. The van der Waals surface area contributed by atoms with Crippen LogP contribution in [0.25, 0.3) is 0 Å². The molecule has 0 spiro atoms. The van der Waals surface area contributed by atoms with Crippen LogP contribution >= 0.6 is 0 Å². The van der Waals surface area contributed by atoms with Crippen molar-refractivity contribution in [2.24, 2.45) is 0 Å². The summed E-state index contributed by atoms with van der Waals surface area (Å²) in [5.41, 5.74) is 0.745. The van der Waals surface area contributed by atoms with Crippen LogP contribution in [0.3, 0.4) is 0 Å². The molecule has 1 heterocycles. The van der Waals surface area contributed by atoms with Crippen LogP contribution in [0.15, 0.2) is 36.5 Å². The molecule has 2 rings (SSSR count). The Balaban J connectivity index is 2.39. The molecule has 0 atom stereocenters. The van der Waals surface area contributed by atoms with Gasteiger partial charge in [0.05, 0.1) is 12.7 Å². The van der Waals surface area contributed by atoms with Gasteiger partial charge in [-0.2, -0.15) is 0 Å². The fraction of sp³-hybridized carbons (Fsp3) is 0.143. The van der Waals surface area contributed by atoms with Crippen molar-refractivity contribution in [3.63, 3.8) is 0 Å². The standard InChI is InChI=1S/C14H13NO4/c1-9-10(14(16)17)5-3-6-11(9)19-13-12(18-2)7-4-8-15-13/h3-8H,1-2H3,(H,16,17). The number of carboxylic acids is 1. The minimum atomic E-state index is -0.990. The number of carboxylic acid groups (broad SMARTS) is 1. The predicted molar refractivity (Wildman–Crippen MR) is 69.0 cm³/mol. The van der Waals surface area contributed by atoms with Gasteiger partial charge in [-0.3, -0.25) is 0 Å². The van der Waals surface area contributed by atoms with E-state index in [0.29, 0.717) is 22.9 Å². The second-order valence-corrected chi connectivity index (χ2v) is 3.85. The monoisotopic (exact) mass is 259 g/mol. The van der Waals surface area contributed by atoms with Crippen molar-refractivity contribution in [3.8, 4) is 17.4 Å². The van der Waals surface area contributed by atoms with Crippen molar-refractivity contribution in [2.45, 2.75) is 6.92 Å². The average Bonchev–Trinajstić information content (AvgIpc) is 2.41. The first kappa shape index (κ1) is 12.9. The smallest absolute Gasteiger partial charge is 0.336 e. The third kappa shape index (κ3) is 2.65. The first-order valence-electron chi connectivity index (χ1n) is 5.63. The van der Waals surface area contributed by atoms with E-state index in [9.17, 15) is 4.79 Å². The van der Waals surface area contributed by atoms with Crippen LogP contribution in [0.1, 0.15) is 15.9 Å². The van der Waals surface area contributed by atoms with Gasteiger partial charge in [0.1, 0.15) is 5.75 Å². The van der Waals surface area contributed by atoms with Gasteiger partial charge in [0.25, 0.3) is 5.88 Å². The minimum absolute atomic E-state index is 0.201.